The first-order valence-corrected chi connectivity index (χ1v) is 14.2. The van der Waals surface area contributed by atoms with Crippen LogP contribution in [-0.4, -0.2) is 52.0 Å². The minimum absolute atomic E-state index is 0.0744. The zero-order valence-corrected chi connectivity index (χ0v) is 21.6. The van der Waals surface area contributed by atoms with Crippen LogP contribution in [0.5, 0.6) is 0 Å². The first-order valence-electron chi connectivity index (χ1n) is 11.8. The first kappa shape index (κ1) is 27.1. The Bertz CT molecular complexity index is 1050. The SMILES string of the molecule is CSCCC(NC(=O)c1ccc(CS[C@H](CO)Cc2ccccc2)cc1C1=CCCC=C1)C(=O)O. The van der Waals surface area contributed by atoms with Crippen molar-refractivity contribution in [3.63, 3.8) is 0 Å². The Kier molecular flexibility index (Phi) is 11.0. The molecule has 3 rings (SSSR count). The molecule has 5 nitrogen and oxygen atoms in total. The molecule has 1 amide bonds. The highest BCUT2D eigenvalue weighted by atomic mass is 32.2. The Morgan fingerprint density at radius 1 is 1.09 bits per heavy atom. The summed E-state index contributed by atoms with van der Waals surface area (Å²) in [5.74, 6) is -0.0319. The number of thioether (sulfide) groups is 2. The summed E-state index contributed by atoms with van der Waals surface area (Å²) < 4.78 is 0. The molecular formula is C28H33NO4S2. The fraction of sp³-hybridized carbons (Fsp3) is 0.357. The molecule has 0 radical (unpaired) electrons. The fourth-order valence-electron chi connectivity index (χ4n) is 3.93. The molecule has 0 aromatic heterocycles. The summed E-state index contributed by atoms with van der Waals surface area (Å²) in [6, 6.07) is 15.0. The number of amides is 1. The number of carboxylic acid groups (broad SMARTS) is 1. The van der Waals surface area contributed by atoms with Crippen molar-refractivity contribution >= 4 is 41.0 Å². The molecule has 2 atom stereocenters. The van der Waals surface area contributed by atoms with Gasteiger partial charge in [0.15, 0.2) is 0 Å². The second-order valence-corrected chi connectivity index (χ2v) is 10.7. The van der Waals surface area contributed by atoms with E-state index in [1.807, 2.05) is 42.7 Å². The number of aliphatic carboxylic acids is 1. The van der Waals surface area contributed by atoms with E-state index in [2.05, 4.69) is 29.6 Å². The standard InChI is InChI=1S/C28H33NO4S2/c1-34-15-14-26(28(32)33)29-27(31)24-13-12-21(17-25(24)22-10-6-3-7-11-22)19-35-23(18-30)16-20-8-4-2-5-9-20/h2,4-6,8-13,17,23,26,30H,3,7,14-16,18-19H2,1H3,(H,29,31)(H,32,33)/t23-,26?/m0/s1. The molecule has 2 aromatic carbocycles. The third kappa shape index (κ3) is 8.30. The van der Waals surface area contributed by atoms with E-state index in [0.29, 0.717) is 23.5 Å². The van der Waals surface area contributed by atoms with Gasteiger partial charge in [-0.1, -0.05) is 54.6 Å². The molecule has 0 saturated heterocycles. The number of allylic oxidation sites excluding steroid dienone is 4. The highest BCUT2D eigenvalue weighted by molar-refractivity contribution is 7.99. The molecule has 7 heteroatoms. The Labute approximate surface area is 216 Å². The third-order valence-electron chi connectivity index (χ3n) is 5.84. The van der Waals surface area contributed by atoms with Crippen LogP contribution in [0.3, 0.4) is 0 Å². The van der Waals surface area contributed by atoms with E-state index >= 15 is 0 Å². The van der Waals surface area contributed by atoms with Crippen molar-refractivity contribution in [2.75, 3.05) is 18.6 Å². The predicted molar refractivity (Wildman–Crippen MR) is 147 cm³/mol. The van der Waals surface area contributed by atoms with Gasteiger partial charge in [-0.05, 0) is 72.1 Å². The molecule has 2 aromatic rings. The van der Waals surface area contributed by atoms with E-state index in [0.717, 1.165) is 36.0 Å². The lowest BCUT2D eigenvalue weighted by atomic mass is 9.93. The quantitative estimate of drug-likeness (QED) is 0.343. The number of hydrogen-bond donors (Lipinski definition) is 3. The van der Waals surface area contributed by atoms with Crippen molar-refractivity contribution in [2.24, 2.45) is 0 Å². The maximum atomic E-state index is 13.1. The Balaban J connectivity index is 1.78. The second kappa shape index (κ2) is 14.2. The van der Waals surface area contributed by atoms with Crippen LogP contribution in [0, 0.1) is 0 Å². The molecule has 0 spiro atoms. The molecule has 0 aliphatic heterocycles. The normalized spacial score (nSPS) is 14.7. The molecule has 1 unspecified atom stereocenters. The summed E-state index contributed by atoms with van der Waals surface area (Å²) in [4.78, 5) is 24.8. The first-order chi connectivity index (χ1) is 17.0. The minimum Gasteiger partial charge on any atom is -0.480 e. The highest BCUT2D eigenvalue weighted by Crippen LogP contribution is 2.29. The number of rotatable bonds is 13. The molecule has 1 aliphatic rings. The third-order valence-corrected chi connectivity index (χ3v) is 7.78. The van der Waals surface area contributed by atoms with Crippen LogP contribution in [0.15, 0.2) is 66.8 Å². The number of aliphatic hydroxyl groups is 1. The highest BCUT2D eigenvalue weighted by Gasteiger charge is 2.23. The number of carbonyl (C=O) groups is 2. The predicted octanol–water partition coefficient (Wildman–Crippen LogP) is 5.19. The van der Waals surface area contributed by atoms with Crippen LogP contribution in [-0.2, 0) is 17.0 Å². The van der Waals surface area contributed by atoms with Crippen LogP contribution in [0.4, 0.5) is 0 Å². The van der Waals surface area contributed by atoms with Gasteiger partial charge in [0.2, 0.25) is 0 Å². The average Bonchev–Trinajstić information content (AvgIpc) is 2.89. The number of aliphatic hydroxyl groups excluding tert-OH is 1. The average molecular weight is 512 g/mol. The number of benzene rings is 2. The largest absolute Gasteiger partial charge is 0.480 e. The lowest BCUT2D eigenvalue weighted by molar-refractivity contribution is -0.139. The summed E-state index contributed by atoms with van der Waals surface area (Å²) in [5.41, 5.74) is 4.53. The van der Waals surface area contributed by atoms with E-state index in [1.54, 1.807) is 29.6 Å². The van der Waals surface area contributed by atoms with Gasteiger partial charge in [-0.3, -0.25) is 4.79 Å². The van der Waals surface area contributed by atoms with Crippen LogP contribution in [0.2, 0.25) is 0 Å². The van der Waals surface area contributed by atoms with Crippen LogP contribution < -0.4 is 5.32 Å². The van der Waals surface area contributed by atoms with E-state index in [4.69, 9.17) is 0 Å². The van der Waals surface area contributed by atoms with E-state index in [1.165, 1.54) is 5.56 Å². The van der Waals surface area contributed by atoms with Crippen molar-refractivity contribution in [3.05, 3.63) is 89.0 Å². The van der Waals surface area contributed by atoms with Gasteiger partial charge in [0.05, 0.1) is 6.61 Å². The van der Waals surface area contributed by atoms with Gasteiger partial charge in [-0.2, -0.15) is 23.5 Å². The van der Waals surface area contributed by atoms with Crippen LogP contribution in [0.1, 0.15) is 46.3 Å². The molecule has 0 saturated carbocycles. The maximum Gasteiger partial charge on any atom is 0.326 e. The lowest BCUT2D eigenvalue weighted by Crippen LogP contribution is -2.41. The molecule has 0 heterocycles. The molecule has 186 valence electrons. The monoisotopic (exact) mass is 511 g/mol. The van der Waals surface area contributed by atoms with Gasteiger partial charge < -0.3 is 15.5 Å². The van der Waals surface area contributed by atoms with E-state index < -0.39 is 12.0 Å². The lowest BCUT2D eigenvalue weighted by Gasteiger charge is -2.19. The van der Waals surface area contributed by atoms with Gasteiger partial charge >= 0.3 is 5.97 Å². The zero-order chi connectivity index (χ0) is 25.0. The summed E-state index contributed by atoms with van der Waals surface area (Å²) >= 11 is 3.25. The van der Waals surface area contributed by atoms with Gasteiger partial charge in [0.25, 0.3) is 5.91 Å². The van der Waals surface area contributed by atoms with Gasteiger partial charge in [-0.15, -0.1) is 0 Å². The summed E-state index contributed by atoms with van der Waals surface area (Å²) in [5, 5.41) is 22.2. The summed E-state index contributed by atoms with van der Waals surface area (Å²) in [7, 11) is 0. The minimum atomic E-state index is -1.02. The molecule has 0 fully saturated rings. The molecule has 3 N–H and O–H groups in total. The van der Waals surface area contributed by atoms with Crippen molar-refractivity contribution < 1.29 is 19.8 Å². The fourth-order valence-corrected chi connectivity index (χ4v) is 5.42. The molecule has 35 heavy (non-hydrogen) atoms. The van der Waals surface area contributed by atoms with Gasteiger partial charge in [0.1, 0.15) is 6.04 Å². The smallest absolute Gasteiger partial charge is 0.326 e. The zero-order valence-electron chi connectivity index (χ0n) is 20.0. The Morgan fingerprint density at radius 2 is 1.89 bits per heavy atom. The van der Waals surface area contributed by atoms with E-state index in [9.17, 15) is 19.8 Å². The summed E-state index contributed by atoms with van der Waals surface area (Å²) in [6.07, 6.45) is 11.2. The van der Waals surface area contributed by atoms with Crippen molar-refractivity contribution in [2.45, 2.75) is 42.7 Å². The van der Waals surface area contributed by atoms with Gasteiger partial charge in [-0.25, -0.2) is 4.79 Å². The molecule has 1 aliphatic carbocycles. The van der Waals surface area contributed by atoms with E-state index in [-0.39, 0.29) is 17.8 Å². The number of nitrogens with one attached hydrogen (secondary N) is 1. The van der Waals surface area contributed by atoms with Crippen molar-refractivity contribution in [1.29, 1.82) is 0 Å². The second-order valence-electron chi connectivity index (χ2n) is 8.47. The van der Waals surface area contributed by atoms with Crippen LogP contribution >= 0.6 is 23.5 Å². The topological polar surface area (TPSA) is 86.6 Å². The number of carbonyl (C=O) groups excluding carboxylic acids is 1. The maximum absolute atomic E-state index is 13.1. The Morgan fingerprint density at radius 3 is 2.54 bits per heavy atom. The Hall–Kier alpha value is -2.48. The van der Waals surface area contributed by atoms with Gasteiger partial charge in [0, 0.05) is 16.6 Å². The molecule has 0 bridgehead atoms. The van der Waals surface area contributed by atoms with Crippen molar-refractivity contribution in [1.82, 2.24) is 5.32 Å². The van der Waals surface area contributed by atoms with Crippen LogP contribution in [0.25, 0.3) is 5.57 Å². The molecular weight excluding hydrogens is 478 g/mol. The van der Waals surface area contributed by atoms with Crippen molar-refractivity contribution in [3.8, 4) is 0 Å². The number of hydrogen-bond acceptors (Lipinski definition) is 5. The summed E-state index contributed by atoms with van der Waals surface area (Å²) in [6.45, 7) is 0.0907. The number of carboxylic acids is 1.